The molecule has 2 rings (SSSR count). The van der Waals surface area contributed by atoms with Gasteiger partial charge in [0.1, 0.15) is 0 Å². The van der Waals surface area contributed by atoms with E-state index < -0.39 is 0 Å². The standard InChI is InChI=1S/C8H15N3/c9-8-10-5-6-11(8)7-3-1-2-4-7/h7H,1-6H2,(H2,9,10). The largest absolute Gasteiger partial charge is 0.370 e. The van der Waals surface area contributed by atoms with E-state index in [0.717, 1.165) is 19.0 Å². The molecule has 3 heteroatoms. The smallest absolute Gasteiger partial charge is 0.191 e. The molecular weight excluding hydrogens is 138 g/mol. The molecule has 1 aliphatic heterocycles. The first-order valence-electron chi connectivity index (χ1n) is 4.44. The fourth-order valence-corrected chi connectivity index (χ4v) is 2.06. The van der Waals surface area contributed by atoms with Gasteiger partial charge in [-0.3, -0.25) is 4.99 Å². The van der Waals surface area contributed by atoms with Crippen LogP contribution in [-0.2, 0) is 0 Å². The fraction of sp³-hybridized carbons (Fsp3) is 0.875. The van der Waals surface area contributed by atoms with Crippen molar-refractivity contribution in [3.63, 3.8) is 0 Å². The molecule has 2 aliphatic rings. The summed E-state index contributed by atoms with van der Waals surface area (Å²) in [6.07, 6.45) is 5.37. The highest BCUT2D eigenvalue weighted by Gasteiger charge is 2.25. The third-order valence-electron chi connectivity index (χ3n) is 2.67. The van der Waals surface area contributed by atoms with Gasteiger partial charge in [0.2, 0.25) is 0 Å². The van der Waals surface area contributed by atoms with Gasteiger partial charge in [0, 0.05) is 12.6 Å². The van der Waals surface area contributed by atoms with Crippen molar-refractivity contribution in [1.82, 2.24) is 4.90 Å². The average molecular weight is 153 g/mol. The van der Waals surface area contributed by atoms with E-state index in [4.69, 9.17) is 5.73 Å². The van der Waals surface area contributed by atoms with Gasteiger partial charge in [-0.15, -0.1) is 0 Å². The Morgan fingerprint density at radius 2 is 2.09 bits per heavy atom. The summed E-state index contributed by atoms with van der Waals surface area (Å²) in [5.74, 6) is 0.775. The monoisotopic (exact) mass is 153 g/mol. The molecule has 0 radical (unpaired) electrons. The van der Waals surface area contributed by atoms with Gasteiger partial charge in [0.05, 0.1) is 6.54 Å². The molecule has 11 heavy (non-hydrogen) atoms. The topological polar surface area (TPSA) is 41.6 Å². The minimum absolute atomic E-state index is 0.709. The van der Waals surface area contributed by atoms with E-state index in [1.807, 2.05) is 0 Å². The van der Waals surface area contributed by atoms with Crippen molar-refractivity contribution in [1.29, 1.82) is 0 Å². The summed E-state index contributed by atoms with van der Waals surface area (Å²) in [7, 11) is 0. The summed E-state index contributed by atoms with van der Waals surface area (Å²) in [5, 5.41) is 0. The quantitative estimate of drug-likeness (QED) is 0.598. The molecule has 1 heterocycles. The number of rotatable bonds is 1. The number of nitrogens with zero attached hydrogens (tertiary/aromatic N) is 2. The van der Waals surface area contributed by atoms with E-state index >= 15 is 0 Å². The second-order valence-electron chi connectivity index (χ2n) is 3.37. The van der Waals surface area contributed by atoms with Gasteiger partial charge in [-0.2, -0.15) is 0 Å². The minimum atomic E-state index is 0.709. The van der Waals surface area contributed by atoms with Gasteiger partial charge >= 0.3 is 0 Å². The van der Waals surface area contributed by atoms with E-state index in [2.05, 4.69) is 9.89 Å². The van der Waals surface area contributed by atoms with Crippen LogP contribution >= 0.6 is 0 Å². The van der Waals surface area contributed by atoms with Crippen molar-refractivity contribution in [2.24, 2.45) is 10.7 Å². The lowest BCUT2D eigenvalue weighted by Crippen LogP contribution is -2.40. The van der Waals surface area contributed by atoms with Gasteiger partial charge in [-0.1, -0.05) is 12.8 Å². The molecular formula is C8H15N3. The Kier molecular flexibility index (Phi) is 1.72. The summed E-state index contributed by atoms with van der Waals surface area (Å²) in [5.41, 5.74) is 5.73. The van der Waals surface area contributed by atoms with Crippen LogP contribution in [0.25, 0.3) is 0 Å². The predicted molar refractivity (Wildman–Crippen MR) is 45.5 cm³/mol. The minimum Gasteiger partial charge on any atom is -0.370 e. The molecule has 0 atom stereocenters. The molecule has 3 nitrogen and oxygen atoms in total. The Hall–Kier alpha value is -0.730. The Bertz CT molecular complexity index is 170. The summed E-state index contributed by atoms with van der Waals surface area (Å²) in [6, 6.07) is 0.709. The van der Waals surface area contributed by atoms with Crippen LogP contribution in [-0.4, -0.2) is 30.0 Å². The van der Waals surface area contributed by atoms with Crippen molar-refractivity contribution in [3.8, 4) is 0 Å². The summed E-state index contributed by atoms with van der Waals surface area (Å²) in [6.45, 7) is 1.96. The van der Waals surface area contributed by atoms with E-state index in [9.17, 15) is 0 Å². The maximum atomic E-state index is 5.73. The molecule has 0 amide bonds. The van der Waals surface area contributed by atoms with Crippen molar-refractivity contribution < 1.29 is 0 Å². The van der Waals surface area contributed by atoms with Gasteiger partial charge < -0.3 is 10.6 Å². The van der Waals surface area contributed by atoms with Crippen molar-refractivity contribution in [3.05, 3.63) is 0 Å². The maximum Gasteiger partial charge on any atom is 0.191 e. The number of nitrogens with two attached hydrogens (primary N) is 1. The lowest BCUT2D eigenvalue weighted by Gasteiger charge is -2.24. The summed E-state index contributed by atoms with van der Waals surface area (Å²) < 4.78 is 0. The highest BCUT2D eigenvalue weighted by Crippen LogP contribution is 2.24. The Labute approximate surface area is 67.3 Å². The maximum absolute atomic E-state index is 5.73. The Balaban J connectivity index is 1.98. The van der Waals surface area contributed by atoms with Gasteiger partial charge in [0.25, 0.3) is 0 Å². The number of hydrogen-bond acceptors (Lipinski definition) is 3. The Morgan fingerprint density at radius 1 is 1.36 bits per heavy atom. The third-order valence-corrected chi connectivity index (χ3v) is 2.67. The molecule has 1 aliphatic carbocycles. The van der Waals surface area contributed by atoms with Crippen LogP contribution in [0.4, 0.5) is 0 Å². The van der Waals surface area contributed by atoms with Gasteiger partial charge in [-0.25, -0.2) is 0 Å². The molecule has 0 aromatic carbocycles. The van der Waals surface area contributed by atoms with E-state index in [1.165, 1.54) is 25.7 Å². The van der Waals surface area contributed by atoms with Crippen molar-refractivity contribution >= 4 is 5.96 Å². The SMILES string of the molecule is NC1=NCCN1C1CCCC1. The molecule has 0 spiro atoms. The molecule has 0 unspecified atom stereocenters. The van der Waals surface area contributed by atoms with Crippen LogP contribution in [0, 0.1) is 0 Å². The zero-order valence-corrected chi connectivity index (χ0v) is 6.79. The van der Waals surface area contributed by atoms with Crippen LogP contribution < -0.4 is 5.73 Å². The van der Waals surface area contributed by atoms with Crippen molar-refractivity contribution in [2.75, 3.05) is 13.1 Å². The molecule has 0 bridgehead atoms. The lowest BCUT2D eigenvalue weighted by molar-refractivity contribution is 0.338. The Morgan fingerprint density at radius 3 is 2.64 bits per heavy atom. The van der Waals surface area contributed by atoms with E-state index in [0.29, 0.717) is 6.04 Å². The molecule has 0 aromatic rings. The molecule has 1 saturated carbocycles. The van der Waals surface area contributed by atoms with Crippen LogP contribution in [0.3, 0.4) is 0 Å². The van der Waals surface area contributed by atoms with Crippen LogP contribution in [0.1, 0.15) is 25.7 Å². The molecule has 2 N–H and O–H groups in total. The average Bonchev–Trinajstić information content (AvgIpc) is 2.55. The van der Waals surface area contributed by atoms with Gasteiger partial charge in [-0.05, 0) is 12.8 Å². The summed E-state index contributed by atoms with van der Waals surface area (Å²) in [4.78, 5) is 6.45. The molecule has 0 saturated heterocycles. The zero-order chi connectivity index (χ0) is 7.68. The fourth-order valence-electron chi connectivity index (χ4n) is 2.06. The third kappa shape index (κ3) is 1.19. The van der Waals surface area contributed by atoms with E-state index in [1.54, 1.807) is 0 Å². The van der Waals surface area contributed by atoms with Crippen molar-refractivity contribution in [2.45, 2.75) is 31.7 Å². The number of guanidine groups is 1. The number of hydrogen-bond donors (Lipinski definition) is 1. The first kappa shape index (κ1) is 6.95. The molecule has 0 aromatic heterocycles. The zero-order valence-electron chi connectivity index (χ0n) is 6.79. The number of aliphatic imine (C=N–C) groups is 1. The van der Waals surface area contributed by atoms with Crippen LogP contribution in [0.2, 0.25) is 0 Å². The lowest BCUT2D eigenvalue weighted by atomic mass is 10.2. The van der Waals surface area contributed by atoms with E-state index in [-0.39, 0.29) is 0 Å². The predicted octanol–water partition coefficient (Wildman–Crippen LogP) is 0.559. The second kappa shape index (κ2) is 2.72. The van der Waals surface area contributed by atoms with Crippen LogP contribution in [0.5, 0.6) is 0 Å². The molecule has 1 fully saturated rings. The molecule has 62 valence electrons. The highest BCUT2D eigenvalue weighted by molar-refractivity contribution is 5.79. The van der Waals surface area contributed by atoms with Crippen LogP contribution in [0.15, 0.2) is 4.99 Å². The second-order valence-corrected chi connectivity index (χ2v) is 3.37. The first-order chi connectivity index (χ1) is 5.38. The summed E-state index contributed by atoms with van der Waals surface area (Å²) >= 11 is 0. The normalized spacial score (nSPS) is 26.2. The first-order valence-corrected chi connectivity index (χ1v) is 4.44. The highest BCUT2D eigenvalue weighted by atomic mass is 15.3. The van der Waals surface area contributed by atoms with Gasteiger partial charge in [0.15, 0.2) is 5.96 Å².